The Morgan fingerprint density at radius 2 is 1.93 bits per heavy atom. The van der Waals surface area contributed by atoms with Crippen LogP contribution in [0.4, 0.5) is 0 Å². The summed E-state index contributed by atoms with van der Waals surface area (Å²) < 4.78 is 8.66. The highest BCUT2D eigenvalue weighted by atomic mass is 16.5. The maximum Gasteiger partial charge on any atom is 0.213 e. The van der Waals surface area contributed by atoms with E-state index in [0.29, 0.717) is 12.0 Å². The number of aromatic nitrogens is 1. The summed E-state index contributed by atoms with van der Waals surface area (Å²) in [5, 5.41) is 5.24. The topological polar surface area (TPSA) is 25.1 Å². The first kappa shape index (κ1) is 18.6. The van der Waals surface area contributed by atoms with Crippen LogP contribution >= 0.6 is 0 Å². The number of aryl methyl sites for hydroxylation is 1. The molecule has 4 rings (SSSR count). The number of para-hydroxylation sites is 1. The van der Waals surface area contributed by atoms with Crippen molar-refractivity contribution in [1.29, 1.82) is 0 Å². The average molecular weight is 366 g/mol. The van der Waals surface area contributed by atoms with Crippen molar-refractivity contribution < 1.29 is 9.30 Å². The van der Waals surface area contributed by atoms with Gasteiger partial charge < -0.3 is 4.74 Å². The molecule has 0 saturated heterocycles. The molecule has 2 saturated carbocycles. The number of hydrogen-bond acceptors (Lipinski definition) is 2. The highest BCUT2D eigenvalue weighted by molar-refractivity contribution is 5.80. The maximum absolute atomic E-state index is 6.18. The number of pyridine rings is 1. The summed E-state index contributed by atoms with van der Waals surface area (Å²) >= 11 is 0. The second-order valence-electron chi connectivity index (χ2n) is 8.59. The minimum Gasteiger partial charge on any atom is -0.356 e. The third-order valence-corrected chi connectivity index (χ3v) is 6.77. The van der Waals surface area contributed by atoms with Gasteiger partial charge >= 0.3 is 0 Å². The predicted molar refractivity (Wildman–Crippen MR) is 112 cm³/mol. The molecule has 0 amide bonds. The Balaban J connectivity index is 1.80. The van der Waals surface area contributed by atoms with Crippen LogP contribution in [0.15, 0.2) is 36.9 Å². The number of benzene rings is 1. The van der Waals surface area contributed by atoms with Gasteiger partial charge in [-0.2, -0.15) is 4.57 Å². The lowest BCUT2D eigenvalue weighted by atomic mass is 9.95. The second kappa shape index (κ2) is 7.03. The van der Waals surface area contributed by atoms with Crippen molar-refractivity contribution in [1.82, 2.24) is 5.32 Å². The van der Waals surface area contributed by atoms with Gasteiger partial charge in [-0.1, -0.05) is 44.9 Å². The number of methoxy groups -OCH3 is 1. The molecule has 1 N–H and O–H groups in total. The molecular weight excluding hydrogens is 332 g/mol. The zero-order chi connectivity index (χ0) is 19.2. The molecule has 144 valence electrons. The molecule has 1 heterocycles. The molecule has 3 nitrogen and oxygen atoms in total. The average Bonchev–Trinajstić information content (AvgIpc) is 3.25. The molecule has 2 aliphatic rings. The van der Waals surface area contributed by atoms with Crippen molar-refractivity contribution in [3.63, 3.8) is 0 Å². The Morgan fingerprint density at radius 1 is 1.22 bits per heavy atom. The smallest absolute Gasteiger partial charge is 0.213 e. The molecule has 27 heavy (non-hydrogen) atoms. The van der Waals surface area contributed by atoms with Crippen molar-refractivity contribution >= 4 is 16.5 Å². The standard InChI is InChI=1S/C24H33N2O/c1-16(2)22-15-17(3)20-13-9-10-14-21(20)26(22)23-18(4)24(23,27-5)25-19-11-7-6-8-12-19/h9-10,13-15,18-19,23,25H,1,6-8,11-12H2,2-5H3/q+1. The van der Waals surface area contributed by atoms with E-state index in [2.05, 4.69) is 67.6 Å². The van der Waals surface area contributed by atoms with E-state index in [9.17, 15) is 0 Å². The third-order valence-electron chi connectivity index (χ3n) is 6.77. The Kier molecular flexibility index (Phi) is 4.85. The van der Waals surface area contributed by atoms with Gasteiger partial charge in [-0.25, -0.2) is 0 Å². The Labute approximate surface area is 163 Å². The molecular formula is C24H33N2O+. The van der Waals surface area contributed by atoms with Crippen LogP contribution in [0.3, 0.4) is 0 Å². The quantitative estimate of drug-likeness (QED) is 0.601. The van der Waals surface area contributed by atoms with Crippen molar-refractivity contribution in [3.05, 3.63) is 48.2 Å². The van der Waals surface area contributed by atoms with Gasteiger partial charge in [-0.3, -0.25) is 5.32 Å². The highest BCUT2D eigenvalue weighted by Gasteiger charge is 2.72. The Bertz CT molecular complexity index is 868. The summed E-state index contributed by atoms with van der Waals surface area (Å²) in [5.74, 6) is 0.415. The SMILES string of the molecule is C=C(C)c1cc(C)c2ccccc2[n+]1C1C(C)C1(NC1CCCCC1)OC. The van der Waals surface area contributed by atoms with E-state index in [4.69, 9.17) is 4.74 Å². The van der Waals surface area contributed by atoms with Gasteiger partial charge in [0.2, 0.25) is 17.3 Å². The second-order valence-corrected chi connectivity index (χ2v) is 8.59. The third kappa shape index (κ3) is 3.01. The normalized spacial score (nSPS) is 28.4. The molecule has 1 aromatic carbocycles. The first-order valence-corrected chi connectivity index (χ1v) is 10.4. The molecule has 0 radical (unpaired) electrons. The van der Waals surface area contributed by atoms with Crippen molar-refractivity contribution in [2.24, 2.45) is 5.92 Å². The fourth-order valence-corrected chi connectivity index (χ4v) is 5.20. The number of fused-ring (bicyclic) bond motifs is 1. The first-order chi connectivity index (χ1) is 13.0. The fourth-order valence-electron chi connectivity index (χ4n) is 5.20. The minimum absolute atomic E-state index is 0.279. The summed E-state index contributed by atoms with van der Waals surface area (Å²) in [6, 6.07) is 11.9. The Morgan fingerprint density at radius 3 is 2.59 bits per heavy atom. The molecule has 1 aromatic heterocycles. The van der Waals surface area contributed by atoms with E-state index in [1.54, 1.807) is 0 Å². The fraction of sp³-hybridized carbons (Fsp3) is 0.542. The zero-order valence-corrected chi connectivity index (χ0v) is 17.2. The van der Waals surface area contributed by atoms with Crippen LogP contribution < -0.4 is 9.88 Å². The van der Waals surface area contributed by atoms with E-state index in [1.807, 2.05) is 7.11 Å². The van der Waals surface area contributed by atoms with Crippen LogP contribution in [0.2, 0.25) is 0 Å². The van der Waals surface area contributed by atoms with Gasteiger partial charge in [0.05, 0.1) is 5.92 Å². The van der Waals surface area contributed by atoms with Crippen molar-refractivity contribution in [2.45, 2.75) is 70.7 Å². The number of allylic oxidation sites excluding steroid dienone is 1. The molecule has 3 unspecified atom stereocenters. The zero-order valence-electron chi connectivity index (χ0n) is 17.2. The van der Waals surface area contributed by atoms with Crippen LogP contribution in [0.1, 0.15) is 63.3 Å². The number of nitrogens with one attached hydrogen (secondary N) is 1. The summed E-state index contributed by atoms with van der Waals surface area (Å²) in [5.41, 5.74) is 4.61. The summed E-state index contributed by atoms with van der Waals surface area (Å²) in [6.07, 6.45) is 6.55. The molecule has 2 aromatic rings. The lowest BCUT2D eigenvalue weighted by molar-refractivity contribution is -0.686. The minimum atomic E-state index is -0.283. The molecule has 0 bridgehead atoms. The van der Waals surface area contributed by atoms with E-state index in [0.717, 1.165) is 5.57 Å². The van der Waals surface area contributed by atoms with Gasteiger partial charge in [-0.15, -0.1) is 0 Å². The van der Waals surface area contributed by atoms with E-state index in [-0.39, 0.29) is 11.8 Å². The lowest BCUT2D eigenvalue weighted by Gasteiger charge is -2.28. The highest BCUT2D eigenvalue weighted by Crippen LogP contribution is 2.53. The number of nitrogens with zero attached hydrogens (tertiary/aromatic N) is 1. The van der Waals surface area contributed by atoms with Crippen LogP contribution in [0.25, 0.3) is 16.5 Å². The summed E-state index contributed by atoms with van der Waals surface area (Å²) in [6.45, 7) is 10.9. The monoisotopic (exact) mass is 365 g/mol. The molecule has 2 aliphatic carbocycles. The molecule has 2 fully saturated rings. The van der Waals surface area contributed by atoms with Gasteiger partial charge in [0.1, 0.15) is 0 Å². The largest absolute Gasteiger partial charge is 0.356 e. The van der Waals surface area contributed by atoms with Crippen LogP contribution in [-0.4, -0.2) is 18.9 Å². The maximum atomic E-state index is 6.18. The number of hydrogen-bond donors (Lipinski definition) is 1. The van der Waals surface area contributed by atoms with Gasteiger partial charge in [0.15, 0.2) is 5.72 Å². The molecule has 3 atom stereocenters. The molecule has 0 aliphatic heterocycles. The lowest BCUT2D eigenvalue weighted by Crippen LogP contribution is -2.50. The predicted octanol–water partition coefficient (Wildman–Crippen LogP) is 4.92. The van der Waals surface area contributed by atoms with Crippen LogP contribution in [0, 0.1) is 12.8 Å². The van der Waals surface area contributed by atoms with Gasteiger partial charge in [-0.05, 0) is 38.3 Å². The van der Waals surface area contributed by atoms with Gasteiger partial charge in [0, 0.05) is 36.2 Å². The Hall–Kier alpha value is -1.71. The van der Waals surface area contributed by atoms with Crippen molar-refractivity contribution in [2.75, 3.05) is 7.11 Å². The molecule has 3 heteroatoms. The number of ether oxygens (including phenoxy) is 1. The van der Waals surface area contributed by atoms with E-state index < -0.39 is 0 Å². The van der Waals surface area contributed by atoms with E-state index in [1.165, 1.54) is 54.3 Å². The van der Waals surface area contributed by atoms with E-state index >= 15 is 0 Å². The summed E-state index contributed by atoms with van der Waals surface area (Å²) in [4.78, 5) is 0. The molecule has 0 spiro atoms. The van der Waals surface area contributed by atoms with Crippen LogP contribution in [0.5, 0.6) is 0 Å². The van der Waals surface area contributed by atoms with Crippen LogP contribution in [-0.2, 0) is 4.74 Å². The van der Waals surface area contributed by atoms with Crippen molar-refractivity contribution in [3.8, 4) is 0 Å². The first-order valence-electron chi connectivity index (χ1n) is 10.4. The summed E-state index contributed by atoms with van der Waals surface area (Å²) in [7, 11) is 1.86. The van der Waals surface area contributed by atoms with Gasteiger partial charge in [0.25, 0.3) is 0 Å². The number of rotatable bonds is 5.